The summed E-state index contributed by atoms with van der Waals surface area (Å²) in [7, 11) is 1.36. The van der Waals surface area contributed by atoms with Crippen molar-refractivity contribution in [1.82, 2.24) is 10.2 Å². The first-order valence-electron chi connectivity index (χ1n) is 9.67. The molecule has 0 radical (unpaired) electrons. The summed E-state index contributed by atoms with van der Waals surface area (Å²) in [6.07, 6.45) is -4.75. The summed E-state index contributed by atoms with van der Waals surface area (Å²) in [5, 5.41) is 13.6. The summed E-state index contributed by atoms with van der Waals surface area (Å²) in [5.74, 6) is -2.79. The lowest BCUT2D eigenvalue weighted by Gasteiger charge is -2.28. The Bertz CT molecular complexity index is 1090. The fraction of sp³-hybridized carbons (Fsp3) is 0.273. The van der Waals surface area contributed by atoms with E-state index >= 15 is 0 Å². The van der Waals surface area contributed by atoms with Gasteiger partial charge in [0.1, 0.15) is 0 Å². The van der Waals surface area contributed by atoms with Crippen LogP contribution in [0.5, 0.6) is 0 Å². The summed E-state index contributed by atoms with van der Waals surface area (Å²) in [6, 6.07) is 7.71. The van der Waals surface area contributed by atoms with Gasteiger partial charge in [-0.2, -0.15) is 13.2 Å². The molecule has 2 N–H and O–H groups in total. The minimum atomic E-state index is -4.75. The van der Waals surface area contributed by atoms with Crippen LogP contribution in [0.25, 0.3) is 0 Å². The van der Waals surface area contributed by atoms with Crippen molar-refractivity contribution in [1.29, 1.82) is 0 Å². The molecule has 11 heteroatoms. The molecule has 0 saturated heterocycles. The molecule has 1 unspecified atom stereocenters. The number of hydrogen-bond acceptors (Lipinski definition) is 4. The van der Waals surface area contributed by atoms with Gasteiger partial charge in [-0.05, 0) is 35.4 Å². The van der Waals surface area contributed by atoms with Crippen LogP contribution in [0.4, 0.5) is 13.2 Å². The molecule has 6 nitrogen and oxygen atoms in total. The number of amides is 2. The van der Waals surface area contributed by atoms with Crippen LogP contribution in [-0.2, 0) is 27.0 Å². The van der Waals surface area contributed by atoms with Crippen molar-refractivity contribution in [2.75, 3.05) is 20.3 Å². The number of benzene rings is 2. The standard InChI is InChI=1S/C22H19Cl2F3N2O4/c1-33-7-6-29-18(15-4-2-3-5-16(15)22(25,26)27)17(19(30)21(29)32)20(31)28-11-12-8-13(23)10-14(24)9-12/h2-5,8-10,18,30H,6-7,11H2,1H3,(H,28,31). The van der Waals surface area contributed by atoms with Crippen LogP contribution < -0.4 is 5.32 Å². The van der Waals surface area contributed by atoms with Crippen molar-refractivity contribution in [3.8, 4) is 0 Å². The molecule has 2 aromatic carbocycles. The molecule has 1 heterocycles. The molecule has 33 heavy (non-hydrogen) atoms. The first-order valence-corrected chi connectivity index (χ1v) is 10.4. The Labute approximate surface area is 197 Å². The molecule has 1 atom stereocenters. The van der Waals surface area contributed by atoms with Gasteiger partial charge in [0.15, 0.2) is 5.76 Å². The zero-order chi connectivity index (χ0) is 24.3. The van der Waals surface area contributed by atoms with E-state index in [1.165, 1.54) is 31.4 Å². The minimum Gasteiger partial charge on any atom is -0.503 e. The molecule has 0 aromatic heterocycles. The van der Waals surface area contributed by atoms with E-state index in [-0.39, 0.29) is 25.3 Å². The van der Waals surface area contributed by atoms with Gasteiger partial charge in [0.05, 0.1) is 23.8 Å². The van der Waals surface area contributed by atoms with Crippen molar-refractivity contribution < 1.29 is 32.6 Å². The minimum absolute atomic E-state index is 0.0143. The van der Waals surface area contributed by atoms with Gasteiger partial charge in [-0.1, -0.05) is 41.4 Å². The third-order valence-electron chi connectivity index (χ3n) is 5.02. The van der Waals surface area contributed by atoms with Crippen molar-refractivity contribution in [3.63, 3.8) is 0 Å². The topological polar surface area (TPSA) is 78.9 Å². The second-order valence-corrected chi connectivity index (χ2v) is 8.07. The Hall–Kier alpha value is -2.75. The van der Waals surface area contributed by atoms with E-state index < -0.39 is 40.9 Å². The van der Waals surface area contributed by atoms with Gasteiger partial charge < -0.3 is 20.1 Å². The van der Waals surface area contributed by atoms with Crippen molar-refractivity contribution in [2.24, 2.45) is 0 Å². The maximum Gasteiger partial charge on any atom is 0.416 e. The van der Waals surface area contributed by atoms with Crippen molar-refractivity contribution in [3.05, 3.63) is 80.5 Å². The van der Waals surface area contributed by atoms with Crippen LogP contribution >= 0.6 is 23.2 Å². The summed E-state index contributed by atoms with van der Waals surface area (Å²) in [4.78, 5) is 26.7. The highest BCUT2D eigenvalue weighted by Gasteiger charge is 2.46. The Morgan fingerprint density at radius 2 is 1.82 bits per heavy atom. The highest BCUT2D eigenvalue weighted by atomic mass is 35.5. The number of nitrogens with one attached hydrogen (secondary N) is 1. The van der Waals surface area contributed by atoms with E-state index in [4.69, 9.17) is 27.9 Å². The van der Waals surface area contributed by atoms with Crippen LogP contribution in [0.2, 0.25) is 10.0 Å². The second-order valence-electron chi connectivity index (χ2n) is 7.20. The smallest absolute Gasteiger partial charge is 0.416 e. The van der Waals surface area contributed by atoms with E-state index in [0.29, 0.717) is 15.6 Å². The van der Waals surface area contributed by atoms with Crippen LogP contribution in [0.3, 0.4) is 0 Å². The molecule has 1 aliphatic rings. The molecule has 0 saturated carbocycles. The number of halogens is 5. The average molecular weight is 503 g/mol. The van der Waals surface area contributed by atoms with Gasteiger partial charge in [0, 0.05) is 30.2 Å². The number of aliphatic hydroxyl groups is 1. The lowest BCUT2D eigenvalue weighted by atomic mass is 9.93. The third kappa shape index (κ3) is 5.43. The average Bonchev–Trinajstić information content (AvgIpc) is 2.99. The van der Waals surface area contributed by atoms with Gasteiger partial charge in [-0.25, -0.2) is 0 Å². The largest absolute Gasteiger partial charge is 0.503 e. The summed E-state index contributed by atoms with van der Waals surface area (Å²) >= 11 is 11.9. The molecule has 176 valence electrons. The lowest BCUT2D eigenvalue weighted by molar-refractivity contribution is -0.140. The third-order valence-corrected chi connectivity index (χ3v) is 5.46. The fourth-order valence-electron chi connectivity index (χ4n) is 3.61. The molecule has 0 spiro atoms. The number of carbonyl (C=O) groups is 2. The quantitative estimate of drug-likeness (QED) is 0.576. The second kappa shape index (κ2) is 10.0. The molecule has 2 amide bonds. The number of aliphatic hydroxyl groups excluding tert-OH is 1. The number of ether oxygens (including phenoxy) is 1. The molecular formula is C22H19Cl2F3N2O4. The van der Waals surface area contributed by atoms with Gasteiger partial charge in [-0.15, -0.1) is 0 Å². The first kappa shape index (κ1) is 24.9. The molecule has 0 bridgehead atoms. The highest BCUT2D eigenvalue weighted by molar-refractivity contribution is 6.34. The van der Waals surface area contributed by atoms with Gasteiger partial charge >= 0.3 is 6.18 Å². The van der Waals surface area contributed by atoms with Gasteiger partial charge in [0.2, 0.25) is 0 Å². The number of rotatable bonds is 7. The molecule has 1 aliphatic heterocycles. The zero-order valence-electron chi connectivity index (χ0n) is 17.2. The zero-order valence-corrected chi connectivity index (χ0v) is 18.8. The predicted molar refractivity (Wildman–Crippen MR) is 116 cm³/mol. The van der Waals surface area contributed by atoms with Crippen LogP contribution in [0.15, 0.2) is 53.8 Å². The maximum absolute atomic E-state index is 13.7. The number of methoxy groups -OCH3 is 1. The van der Waals surface area contributed by atoms with Gasteiger partial charge in [0.25, 0.3) is 11.8 Å². The van der Waals surface area contributed by atoms with E-state index in [9.17, 15) is 27.9 Å². The Kier molecular flexibility index (Phi) is 7.56. The van der Waals surface area contributed by atoms with Gasteiger partial charge in [-0.3, -0.25) is 9.59 Å². The number of alkyl halides is 3. The normalized spacial score (nSPS) is 16.5. The maximum atomic E-state index is 13.7. The van der Waals surface area contributed by atoms with Crippen LogP contribution in [0.1, 0.15) is 22.7 Å². The first-order chi connectivity index (χ1) is 15.5. The molecular weight excluding hydrogens is 484 g/mol. The van der Waals surface area contributed by atoms with Crippen molar-refractivity contribution in [2.45, 2.75) is 18.8 Å². The van der Waals surface area contributed by atoms with Crippen molar-refractivity contribution >= 4 is 35.0 Å². The predicted octanol–water partition coefficient (Wildman–Crippen LogP) is 4.67. The number of carbonyl (C=O) groups excluding carboxylic acids is 2. The van der Waals surface area contributed by atoms with E-state index in [1.54, 1.807) is 12.1 Å². The Morgan fingerprint density at radius 3 is 2.42 bits per heavy atom. The summed E-state index contributed by atoms with van der Waals surface area (Å²) in [5.41, 5.74) is -1.32. The van der Waals surface area contributed by atoms with E-state index in [2.05, 4.69) is 5.32 Å². The molecule has 0 fully saturated rings. The molecule has 3 rings (SSSR count). The monoisotopic (exact) mass is 502 g/mol. The highest BCUT2D eigenvalue weighted by Crippen LogP contribution is 2.43. The van der Waals surface area contributed by atoms with Crippen LogP contribution in [-0.4, -0.2) is 42.1 Å². The van der Waals surface area contributed by atoms with E-state index in [0.717, 1.165) is 11.0 Å². The van der Waals surface area contributed by atoms with E-state index in [1.807, 2.05) is 0 Å². The van der Waals surface area contributed by atoms with Crippen LogP contribution in [0, 0.1) is 0 Å². The number of nitrogens with zero attached hydrogens (tertiary/aromatic N) is 1. The molecule has 2 aromatic rings. The Morgan fingerprint density at radius 1 is 1.18 bits per heavy atom. The summed E-state index contributed by atoms with van der Waals surface area (Å²) < 4.78 is 46.1. The fourth-order valence-corrected chi connectivity index (χ4v) is 4.18. The summed E-state index contributed by atoms with van der Waals surface area (Å²) in [6.45, 7) is -0.244. The SMILES string of the molecule is COCCN1C(=O)C(O)=C(C(=O)NCc2cc(Cl)cc(Cl)c2)C1c1ccccc1C(F)(F)F. The Balaban J connectivity index is 2.00. The lowest BCUT2D eigenvalue weighted by Crippen LogP contribution is -2.36. The molecule has 0 aliphatic carbocycles. The number of hydrogen-bond donors (Lipinski definition) is 2.